The van der Waals surface area contributed by atoms with Crippen molar-refractivity contribution in [2.75, 3.05) is 0 Å². The monoisotopic (exact) mass is 383 g/mol. The Morgan fingerprint density at radius 3 is 2.19 bits per heavy atom. The Kier molecular flexibility index (Phi) is 11.4. The highest BCUT2D eigenvalue weighted by Crippen LogP contribution is 2.31. The van der Waals surface area contributed by atoms with Crippen LogP contribution in [-0.2, 0) is 19.6 Å². The van der Waals surface area contributed by atoms with Crippen LogP contribution in [0.4, 0.5) is 0 Å². The van der Waals surface area contributed by atoms with Crippen LogP contribution in [0, 0.1) is 0 Å². The molecular weight excluding hydrogens is 350 g/mol. The summed E-state index contributed by atoms with van der Waals surface area (Å²) in [6.45, 7) is 2.23. The molecule has 0 aromatic heterocycles. The van der Waals surface area contributed by atoms with Gasteiger partial charge in [0.1, 0.15) is 0 Å². The van der Waals surface area contributed by atoms with Gasteiger partial charge < -0.3 is 4.74 Å². The molecule has 6 heteroatoms. The van der Waals surface area contributed by atoms with Gasteiger partial charge in [0.25, 0.3) is 15.1 Å². The smallest absolute Gasteiger partial charge is 0.284 e. The van der Waals surface area contributed by atoms with Gasteiger partial charge in [0.2, 0.25) is 0 Å². The Morgan fingerprint density at radius 2 is 1.54 bits per heavy atom. The van der Waals surface area contributed by atoms with Crippen molar-refractivity contribution in [3.05, 3.63) is 36.5 Å². The van der Waals surface area contributed by atoms with E-state index in [4.69, 9.17) is 4.74 Å². The first kappa shape index (κ1) is 22.8. The quantitative estimate of drug-likeness (QED) is 0.211. The Labute approximate surface area is 158 Å². The predicted molar refractivity (Wildman–Crippen MR) is 106 cm³/mol. The van der Waals surface area contributed by atoms with Crippen molar-refractivity contribution in [1.82, 2.24) is 0 Å². The summed E-state index contributed by atoms with van der Waals surface area (Å²) >= 11 is 0. The van der Waals surface area contributed by atoms with Crippen molar-refractivity contribution in [2.24, 2.45) is 5.14 Å². The number of primary sulfonamides is 1. The Balaban J connectivity index is 1.93. The standard InChI is InChI=1S/C20H33NO4S/c1-2-3-12-15-18-19(25-18)16-13-10-8-6-4-5-7-9-11-14-17-20(22)26(21,23)24/h5,7,9,11,14,17-19H,2-4,6,8,10,12-13,15-16H2,1H3,(H2,21,23,24)/b7-5+,11-9+,17-14+. The first-order valence-electron chi connectivity index (χ1n) is 9.67. The van der Waals surface area contributed by atoms with Gasteiger partial charge in [-0.05, 0) is 31.8 Å². The fourth-order valence-electron chi connectivity index (χ4n) is 2.78. The van der Waals surface area contributed by atoms with E-state index in [-0.39, 0.29) is 0 Å². The van der Waals surface area contributed by atoms with E-state index in [0.717, 1.165) is 18.9 Å². The summed E-state index contributed by atoms with van der Waals surface area (Å²) in [6, 6.07) is 0. The number of rotatable bonds is 14. The summed E-state index contributed by atoms with van der Waals surface area (Å²) in [6.07, 6.45) is 23.0. The van der Waals surface area contributed by atoms with Crippen molar-refractivity contribution in [2.45, 2.75) is 83.3 Å². The Hall–Kier alpha value is -1.24. The van der Waals surface area contributed by atoms with Crippen LogP contribution in [0.15, 0.2) is 36.5 Å². The van der Waals surface area contributed by atoms with Crippen molar-refractivity contribution >= 4 is 15.1 Å². The minimum Gasteiger partial charge on any atom is -0.370 e. The molecule has 0 bridgehead atoms. The third-order valence-electron chi connectivity index (χ3n) is 4.37. The van der Waals surface area contributed by atoms with Crippen LogP contribution in [0.5, 0.6) is 0 Å². The molecule has 26 heavy (non-hydrogen) atoms. The van der Waals surface area contributed by atoms with E-state index in [0.29, 0.717) is 12.2 Å². The number of unbranched alkanes of at least 4 members (excludes halogenated alkanes) is 6. The Morgan fingerprint density at radius 1 is 0.923 bits per heavy atom. The predicted octanol–water partition coefficient (Wildman–Crippen LogP) is 4.16. The van der Waals surface area contributed by atoms with Gasteiger partial charge in [-0.25, -0.2) is 13.6 Å². The minimum absolute atomic E-state index is 0.533. The highest BCUT2D eigenvalue weighted by atomic mass is 32.2. The van der Waals surface area contributed by atoms with E-state index in [9.17, 15) is 13.2 Å². The lowest BCUT2D eigenvalue weighted by Crippen LogP contribution is -2.21. The van der Waals surface area contributed by atoms with Crippen molar-refractivity contribution < 1.29 is 17.9 Å². The molecule has 1 heterocycles. The van der Waals surface area contributed by atoms with Crippen LogP contribution < -0.4 is 5.14 Å². The number of carbonyl (C=O) groups is 1. The topological polar surface area (TPSA) is 89.8 Å². The summed E-state index contributed by atoms with van der Waals surface area (Å²) in [5, 5.41) is 3.60. The van der Waals surface area contributed by atoms with Gasteiger partial charge in [-0.3, -0.25) is 4.79 Å². The zero-order valence-corrected chi connectivity index (χ0v) is 16.6. The molecule has 0 spiro atoms. The lowest BCUT2D eigenvalue weighted by molar-refractivity contribution is -0.107. The number of hydrogen-bond donors (Lipinski definition) is 1. The molecule has 1 rings (SSSR count). The molecule has 1 fully saturated rings. The molecule has 2 unspecified atom stereocenters. The lowest BCUT2D eigenvalue weighted by Gasteiger charge is -1.98. The molecule has 0 aromatic rings. The molecule has 0 aromatic carbocycles. The van der Waals surface area contributed by atoms with Gasteiger partial charge in [-0.2, -0.15) is 0 Å². The molecule has 2 atom stereocenters. The third kappa shape index (κ3) is 11.4. The lowest BCUT2D eigenvalue weighted by atomic mass is 10.1. The SMILES string of the molecule is CCCCCC1OC1CCCCCC/C=C/C=C/C=C/C(=O)S(N)(=O)=O. The fraction of sp³-hybridized carbons (Fsp3) is 0.650. The average molecular weight is 384 g/mol. The van der Waals surface area contributed by atoms with E-state index >= 15 is 0 Å². The van der Waals surface area contributed by atoms with E-state index in [1.807, 2.05) is 6.08 Å². The van der Waals surface area contributed by atoms with Crippen molar-refractivity contribution in [3.63, 3.8) is 0 Å². The van der Waals surface area contributed by atoms with E-state index < -0.39 is 15.1 Å². The first-order chi connectivity index (χ1) is 12.4. The van der Waals surface area contributed by atoms with Crippen LogP contribution in [-0.4, -0.2) is 25.7 Å². The van der Waals surface area contributed by atoms with E-state index in [1.165, 1.54) is 57.4 Å². The van der Waals surface area contributed by atoms with E-state index in [2.05, 4.69) is 18.1 Å². The third-order valence-corrected chi connectivity index (χ3v) is 5.07. The van der Waals surface area contributed by atoms with Crippen LogP contribution in [0.1, 0.15) is 71.1 Å². The van der Waals surface area contributed by atoms with Crippen molar-refractivity contribution in [3.8, 4) is 0 Å². The first-order valence-corrected chi connectivity index (χ1v) is 11.2. The summed E-state index contributed by atoms with van der Waals surface area (Å²) in [5.74, 6) is 0. The zero-order valence-electron chi connectivity index (χ0n) is 15.8. The second-order valence-corrected chi connectivity index (χ2v) is 8.23. The fourth-order valence-corrected chi connectivity index (χ4v) is 3.04. The molecular formula is C20H33NO4S. The summed E-state index contributed by atoms with van der Waals surface area (Å²) in [7, 11) is -4.11. The molecule has 1 aliphatic heterocycles. The highest BCUT2D eigenvalue weighted by Gasteiger charge is 2.36. The Bertz CT molecular complexity index is 593. The minimum atomic E-state index is -4.11. The summed E-state index contributed by atoms with van der Waals surface area (Å²) in [4.78, 5) is 11.0. The van der Waals surface area contributed by atoms with Gasteiger partial charge in [-0.15, -0.1) is 0 Å². The van der Waals surface area contributed by atoms with Crippen LogP contribution >= 0.6 is 0 Å². The molecule has 148 valence electrons. The number of hydrogen-bond acceptors (Lipinski definition) is 4. The summed E-state index contributed by atoms with van der Waals surface area (Å²) < 4.78 is 27.1. The molecule has 0 saturated carbocycles. The number of ether oxygens (including phenoxy) is 1. The average Bonchev–Trinajstić information content (AvgIpc) is 3.33. The van der Waals surface area contributed by atoms with Gasteiger partial charge in [0.15, 0.2) is 0 Å². The van der Waals surface area contributed by atoms with Crippen molar-refractivity contribution in [1.29, 1.82) is 0 Å². The molecule has 5 nitrogen and oxygen atoms in total. The van der Waals surface area contributed by atoms with Gasteiger partial charge in [0, 0.05) is 0 Å². The normalized spacial score (nSPS) is 20.5. The number of nitrogens with two attached hydrogens (primary N) is 1. The second kappa shape index (κ2) is 13.0. The molecule has 2 N–H and O–H groups in total. The number of allylic oxidation sites excluding steroid dienone is 5. The van der Waals surface area contributed by atoms with Gasteiger partial charge in [0.05, 0.1) is 12.2 Å². The van der Waals surface area contributed by atoms with Crippen LogP contribution in [0.3, 0.4) is 0 Å². The number of epoxide rings is 1. The maximum absolute atomic E-state index is 11.0. The molecule has 0 aliphatic carbocycles. The molecule has 0 radical (unpaired) electrons. The highest BCUT2D eigenvalue weighted by molar-refractivity contribution is 8.04. The van der Waals surface area contributed by atoms with Crippen LogP contribution in [0.25, 0.3) is 0 Å². The van der Waals surface area contributed by atoms with E-state index in [1.54, 1.807) is 12.2 Å². The largest absolute Gasteiger partial charge is 0.370 e. The number of carbonyl (C=O) groups excluding carboxylic acids is 1. The number of sulfonamides is 1. The van der Waals surface area contributed by atoms with Gasteiger partial charge >= 0.3 is 0 Å². The maximum atomic E-state index is 11.0. The molecule has 1 aliphatic rings. The maximum Gasteiger partial charge on any atom is 0.284 e. The zero-order chi connectivity index (χ0) is 19.3. The van der Waals surface area contributed by atoms with Gasteiger partial charge in [-0.1, -0.05) is 75.8 Å². The van der Waals surface area contributed by atoms with Crippen LogP contribution in [0.2, 0.25) is 0 Å². The summed E-state index contributed by atoms with van der Waals surface area (Å²) in [5.41, 5.74) is 0. The molecule has 1 saturated heterocycles. The second-order valence-electron chi connectivity index (χ2n) is 6.74. The molecule has 0 amide bonds.